The van der Waals surface area contributed by atoms with Crippen LogP contribution in [0.3, 0.4) is 0 Å². The number of benzene rings is 1. The number of methoxy groups -OCH3 is 1. The van der Waals surface area contributed by atoms with Gasteiger partial charge in [-0.2, -0.15) is 0 Å². The Morgan fingerprint density at radius 3 is 2.85 bits per heavy atom. The molecule has 0 aliphatic heterocycles. The van der Waals surface area contributed by atoms with E-state index in [9.17, 15) is 14.9 Å². The third-order valence-corrected chi connectivity index (χ3v) is 3.51. The summed E-state index contributed by atoms with van der Waals surface area (Å²) in [5, 5.41) is 13.2. The molecule has 0 radical (unpaired) electrons. The van der Waals surface area contributed by atoms with Crippen molar-refractivity contribution in [3.63, 3.8) is 0 Å². The second kappa shape index (κ2) is 5.66. The lowest BCUT2D eigenvalue weighted by Crippen LogP contribution is -2.13. The maximum atomic E-state index is 12.1. The Labute approximate surface area is 118 Å². The molecule has 1 aromatic heterocycles. The number of nitro groups is 1. The van der Waals surface area contributed by atoms with Crippen LogP contribution < -0.4 is 10.1 Å². The molecule has 0 saturated heterocycles. The fourth-order valence-electron chi connectivity index (χ4n) is 1.65. The van der Waals surface area contributed by atoms with Gasteiger partial charge < -0.3 is 4.74 Å². The molecule has 0 saturated carbocycles. The van der Waals surface area contributed by atoms with Crippen molar-refractivity contribution in [2.45, 2.75) is 6.92 Å². The van der Waals surface area contributed by atoms with Gasteiger partial charge in [0.15, 0.2) is 5.13 Å². The number of hydrogen-bond donors (Lipinski definition) is 1. The number of nitrogens with zero attached hydrogens (tertiary/aromatic N) is 2. The number of rotatable bonds is 4. The molecule has 0 atom stereocenters. The quantitative estimate of drug-likeness (QED) is 0.690. The normalized spacial score (nSPS) is 10.1. The van der Waals surface area contributed by atoms with Crippen molar-refractivity contribution in [2.24, 2.45) is 0 Å². The summed E-state index contributed by atoms with van der Waals surface area (Å²) in [6.45, 7) is 1.76. The van der Waals surface area contributed by atoms with Crippen molar-refractivity contribution < 1.29 is 14.5 Å². The zero-order valence-corrected chi connectivity index (χ0v) is 11.6. The number of aromatic nitrogens is 1. The number of amides is 1. The van der Waals surface area contributed by atoms with Gasteiger partial charge in [-0.1, -0.05) is 6.07 Å². The number of nitrogens with one attached hydrogen (secondary N) is 1. The highest BCUT2D eigenvalue weighted by atomic mass is 32.1. The topological polar surface area (TPSA) is 94.4 Å². The molecule has 0 unspecified atom stereocenters. The Balaban J connectivity index is 2.21. The summed E-state index contributed by atoms with van der Waals surface area (Å²) in [6.07, 6.45) is 1.11. The van der Waals surface area contributed by atoms with E-state index in [4.69, 9.17) is 4.74 Å². The van der Waals surface area contributed by atoms with Gasteiger partial charge in [-0.3, -0.25) is 20.2 Å². The molecule has 104 valence electrons. The molecule has 2 aromatic rings. The average molecular weight is 293 g/mol. The van der Waals surface area contributed by atoms with E-state index in [0.717, 1.165) is 17.5 Å². The van der Waals surface area contributed by atoms with Gasteiger partial charge in [-0.05, 0) is 30.4 Å². The molecule has 8 heteroatoms. The summed E-state index contributed by atoms with van der Waals surface area (Å²) in [4.78, 5) is 25.9. The van der Waals surface area contributed by atoms with E-state index in [1.54, 1.807) is 25.1 Å². The molecule has 7 nitrogen and oxygen atoms in total. The van der Waals surface area contributed by atoms with Crippen molar-refractivity contribution in [3.05, 3.63) is 45.6 Å². The predicted molar refractivity (Wildman–Crippen MR) is 74.5 cm³/mol. The van der Waals surface area contributed by atoms with Crippen LogP contribution >= 0.6 is 11.3 Å². The number of carbonyl (C=O) groups excluding carboxylic acids is 1. The molecule has 0 bridgehead atoms. The Bertz CT molecular complexity index is 668. The number of hydrogen-bond acceptors (Lipinski definition) is 6. The Hall–Kier alpha value is -2.48. The minimum Gasteiger partial charge on any atom is -0.496 e. The average Bonchev–Trinajstić information content (AvgIpc) is 2.87. The van der Waals surface area contributed by atoms with Crippen LogP contribution in [0.15, 0.2) is 24.4 Å². The van der Waals surface area contributed by atoms with Crippen molar-refractivity contribution >= 4 is 27.4 Å². The number of thiazole rings is 1. The van der Waals surface area contributed by atoms with E-state index in [2.05, 4.69) is 10.3 Å². The standard InChI is InChI=1S/C12H11N3O4S/c1-7-8(4-3-5-9(7)19-2)11(16)14-12-13-6-10(20-12)15(17)18/h3-6H,1-2H3,(H,13,14,16). The second-order valence-corrected chi connectivity index (χ2v) is 4.86. The maximum absolute atomic E-state index is 12.1. The fourth-order valence-corrected chi connectivity index (χ4v) is 2.28. The molecule has 0 aliphatic rings. The molecule has 1 amide bonds. The van der Waals surface area contributed by atoms with Crippen molar-refractivity contribution in [2.75, 3.05) is 12.4 Å². The van der Waals surface area contributed by atoms with Crippen LogP contribution in [-0.2, 0) is 0 Å². The number of ether oxygens (including phenoxy) is 1. The van der Waals surface area contributed by atoms with Gasteiger partial charge in [-0.15, -0.1) is 0 Å². The van der Waals surface area contributed by atoms with E-state index < -0.39 is 4.92 Å². The third-order valence-electron chi connectivity index (χ3n) is 2.64. The first-order valence-electron chi connectivity index (χ1n) is 5.58. The predicted octanol–water partition coefficient (Wildman–Crippen LogP) is 2.62. The summed E-state index contributed by atoms with van der Waals surface area (Å²) in [5.74, 6) is 0.216. The zero-order chi connectivity index (χ0) is 14.7. The van der Waals surface area contributed by atoms with E-state index in [-0.39, 0.29) is 16.0 Å². The van der Waals surface area contributed by atoms with Gasteiger partial charge in [0.05, 0.1) is 12.0 Å². The Morgan fingerprint density at radius 2 is 2.25 bits per heavy atom. The highest BCUT2D eigenvalue weighted by molar-refractivity contribution is 7.18. The largest absolute Gasteiger partial charge is 0.496 e. The van der Waals surface area contributed by atoms with Crippen molar-refractivity contribution in [1.82, 2.24) is 4.98 Å². The van der Waals surface area contributed by atoms with Gasteiger partial charge >= 0.3 is 5.00 Å². The molecule has 0 fully saturated rings. The molecular formula is C12H11N3O4S. The SMILES string of the molecule is COc1cccc(C(=O)Nc2ncc([N+](=O)[O-])s2)c1C. The fraction of sp³-hybridized carbons (Fsp3) is 0.167. The van der Waals surface area contributed by atoms with Crippen molar-refractivity contribution in [1.29, 1.82) is 0 Å². The first-order valence-corrected chi connectivity index (χ1v) is 6.39. The van der Waals surface area contributed by atoms with Crippen LogP contribution in [0.5, 0.6) is 5.75 Å². The molecule has 1 heterocycles. The zero-order valence-electron chi connectivity index (χ0n) is 10.7. The van der Waals surface area contributed by atoms with Gasteiger partial charge in [0.1, 0.15) is 11.9 Å². The number of anilines is 1. The molecule has 1 aromatic carbocycles. The monoisotopic (exact) mass is 293 g/mol. The lowest BCUT2D eigenvalue weighted by molar-refractivity contribution is -0.380. The first kappa shape index (κ1) is 13.9. The van der Waals surface area contributed by atoms with E-state index >= 15 is 0 Å². The Kier molecular flexibility index (Phi) is 3.94. The lowest BCUT2D eigenvalue weighted by atomic mass is 10.1. The molecular weight excluding hydrogens is 282 g/mol. The van der Waals surface area contributed by atoms with Crippen LogP contribution in [0.25, 0.3) is 0 Å². The third kappa shape index (κ3) is 2.75. The van der Waals surface area contributed by atoms with Crippen LogP contribution in [0.1, 0.15) is 15.9 Å². The van der Waals surface area contributed by atoms with Gasteiger partial charge in [0, 0.05) is 11.1 Å². The minimum absolute atomic E-state index is 0.123. The highest BCUT2D eigenvalue weighted by Crippen LogP contribution is 2.26. The van der Waals surface area contributed by atoms with Crippen LogP contribution in [0.4, 0.5) is 10.1 Å². The van der Waals surface area contributed by atoms with Gasteiger partial charge in [-0.25, -0.2) is 4.98 Å². The molecule has 20 heavy (non-hydrogen) atoms. The smallest absolute Gasteiger partial charge is 0.345 e. The summed E-state index contributed by atoms with van der Waals surface area (Å²) in [6, 6.07) is 5.10. The van der Waals surface area contributed by atoms with Gasteiger partial charge in [0.25, 0.3) is 5.91 Å². The summed E-state index contributed by atoms with van der Waals surface area (Å²) < 4.78 is 5.14. The van der Waals surface area contributed by atoms with E-state index in [0.29, 0.717) is 16.9 Å². The van der Waals surface area contributed by atoms with Crippen LogP contribution in [-0.4, -0.2) is 22.9 Å². The molecule has 0 aliphatic carbocycles. The second-order valence-electron chi connectivity index (χ2n) is 3.85. The van der Waals surface area contributed by atoms with E-state index in [1.165, 1.54) is 7.11 Å². The van der Waals surface area contributed by atoms with Gasteiger partial charge in [0.2, 0.25) is 0 Å². The lowest BCUT2D eigenvalue weighted by Gasteiger charge is -2.09. The molecule has 0 spiro atoms. The van der Waals surface area contributed by atoms with Crippen LogP contribution in [0.2, 0.25) is 0 Å². The summed E-state index contributed by atoms with van der Waals surface area (Å²) in [7, 11) is 1.52. The molecule has 2 rings (SSSR count). The first-order chi connectivity index (χ1) is 9.52. The highest BCUT2D eigenvalue weighted by Gasteiger charge is 2.16. The van der Waals surface area contributed by atoms with Crippen molar-refractivity contribution in [3.8, 4) is 5.75 Å². The molecule has 1 N–H and O–H groups in total. The van der Waals surface area contributed by atoms with Crippen LogP contribution in [0, 0.1) is 17.0 Å². The maximum Gasteiger partial charge on any atom is 0.345 e. The van der Waals surface area contributed by atoms with E-state index in [1.807, 2.05) is 0 Å². The summed E-state index contributed by atoms with van der Waals surface area (Å²) in [5.41, 5.74) is 1.13. The minimum atomic E-state index is -0.551. The number of carbonyl (C=O) groups is 1. The summed E-state index contributed by atoms with van der Waals surface area (Å²) >= 11 is 0.806. The Morgan fingerprint density at radius 1 is 1.50 bits per heavy atom.